The lowest BCUT2D eigenvalue weighted by Gasteiger charge is -2.19. The average molecular weight is 330 g/mol. The van der Waals surface area contributed by atoms with Crippen LogP contribution in [0.15, 0.2) is 23.8 Å². The fourth-order valence-electron chi connectivity index (χ4n) is 2.02. The van der Waals surface area contributed by atoms with E-state index in [0.717, 1.165) is 12.7 Å². The summed E-state index contributed by atoms with van der Waals surface area (Å²) in [6.45, 7) is 3.64. The molecule has 0 bridgehead atoms. The highest BCUT2D eigenvalue weighted by atomic mass is 19.4. The molecule has 4 nitrogen and oxygen atoms in total. The minimum absolute atomic E-state index is 0.00921. The van der Waals surface area contributed by atoms with Crippen molar-refractivity contribution in [2.45, 2.75) is 32.9 Å². The average Bonchev–Trinajstić information content (AvgIpc) is 2.51. The molecule has 1 aromatic rings. The van der Waals surface area contributed by atoms with E-state index in [1.54, 1.807) is 19.9 Å². The standard InChI is InChI=1S/C16H21F3N2O2/c1-4-13(22)21-12-8-7-11(6-5-10(2)9-20)14(15(12)23-3)16(17,18)19/h5,7-8H,4,6,9,20H2,1-3H3,(H,21,22)/b10-5+. The molecule has 0 unspecified atom stereocenters. The molecule has 0 aliphatic rings. The van der Waals surface area contributed by atoms with Crippen LogP contribution in [0.5, 0.6) is 5.75 Å². The molecule has 0 radical (unpaired) electrons. The third kappa shape index (κ3) is 4.99. The van der Waals surface area contributed by atoms with Gasteiger partial charge in [-0.1, -0.05) is 24.6 Å². The van der Waals surface area contributed by atoms with Crippen molar-refractivity contribution in [3.8, 4) is 5.75 Å². The number of methoxy groups -OCH3 is 1. The van der Waals surface area contributed by atoms with Crippen LogP contribution in [0.2, 0.25) is 0 Å². The van der Waals surface area contributed by atoms with Gasteiger partial charge in [0.25, 0.3) is 0 Å². The number of benzene rings is 1. The highest BCUT2D eigenvalue weighted by Gasteiger charge is 2.38. The molecular weight excluding hydrogens is 309 g/mol. The van der Waals surface area contributed by atoms with Crippen LogP contribution in [0.25, 0.3) is 0 Å². The third-order valence-electron chi connectivity index (χ3n) is 3.32. The molecule has 0 spiro atoms. The molecule has 7 heteroatoms. The first-order valence-electron chi connectivity index (χ1n) is 7.17. The number of carbonyl (C=O) groups is 1. The third-order valence-corrected chi connectivity index (χ3v) is 3.32. The van der Waals surface area contributed by atoms with E-state index < -0.39 is 11.7 Å². The summed E-state index contributed by atoms with van der Waals surface area (Å²) in [4.78, 5) is 11.5. The number of hydrogen-bond donors (Lipinski definition) is 2. The Balaban J connectivity index is 3.40. The minimum atomic E-state index is -4.60. The van der Waals surface area contributed by atoms with Gasteiger partial charge in [-0.2, -0.15) is 13.2 Å². The Labute approximate surface area is 133 Å². The van der Waals surface area contributed by atoms with E-state index in [1.165, 1.54) is 12.1 Å². The number of ether oxygens (including phenoxy) is 1. The largest absolute Gasteiger partial charge is 0.494 e. The van der Waals surface area contributed by atoms with E-state index in [-0.39, 0.29) is 42.3 Å². The number of carbonyl (C=O) groups excluding carboxylic acids is 1. The van der Waals surface area contributed by atoms with Crippen LogP contribution in [0, 0.1) is 0 Å². The number of alkyl halides is 3. The van der Waals surface area contributed by atoms with Crippen molar-refractivity contribution in [1.29, 1.82) is 0 Å². The second-order valence-corrected chi connectivity index (χ2v) is 5.04. The van der Waals surface area contributed by atoms with E-state index in [0.29, 0.717) is 0 Å². The first kappa shape index (κ1) is 19.0. The molecule has 0 saturated carbocycles. The molecule has 0 atom stereocenters. The number of allylic oxidation sites excluding steroid dienone is 1. The number of halogens is 3. The molecule has 1 aromatic carbocycles. The van der Waals surface area contributed by atoms with Crippen molar-refractivity contribution in [2.24, 2.45) is 5.73 Å². The van der Waals surface area contributed by atoms with Crippen LogP contribution >= 0.6 is 0 Å². The Morgan fingerprint density at radius 2 is 2.04 bits per heavy atom. The van der Waals surface area contributed by atoms with Gasteiger partial charge in [-0.15, -0.1) is 0 Å². The normalized spacial score (nSPS) is 12.2. The van der Waals surface area contributed by atoms with Crippen molar-refractivity contribution in [2.75, 3.05) is 19.0 Å². The van der Waals surface area contributed by atoms with E-state index in [9.17, 15) is 18.0 Å². The molecule has 23 heavy (non-hydrogen) atoms. The van der Waals surface area contributed by atoms with Gasteiger partial charge in [-0.05, 0) is 25.0 Å². The van der Waals surface area contributed by atoms with E-state index in [1.807, 2.05) is 0 Å². The lowest BCUT2D eigenvalue weighted by atomic mass is 10.00. The minimum Gasteiger partial charge on any atom is -0.494 e. The van der Waals surface area contributed by atoms with Crippen LogP contribution < -0.4 is 15.8 Å². The predicted molar refractivity (Wildman–Crippen MR) is 83.4 cm³/mol. The summed E-state index contributed by atoms with van der Waals surface area (Å²) >= 11 is 0. The summed E-state index contributed by atoms with van der Waals surface area (Å²) in [5.41, 5.74) is 5.44. The number of hydrogen-bond acceptors (Lipinski definition) is 3. The number of nitrogens with one attached hydrogen (secondary N) is 1. The summed E-state index contributed by atoms with van der Waals surface area (Å²) in [6.07, 6.45) is -2.71. The fraction of sp³-hybridized carbons (Fsp3) is 0.438. The Kier molecular flexibility index (Phi) is 6.62. The highest BCUT2D eigenvalue weighted by Crippen LogP contribution is 2.43. The molecule has 0 fully saturated rings. The number of rotatable bonds is 6. The molecule has 0 heterocycles. The maximum atomic E-state index is 13.5. The van der Waals surface area contributed by atoms with Crippen LogP contribution in [-0.4, -0.2) is 19.6 Å². The summed E-state index contributed by atoms with van der Waals surface area (Å²) in [5.74, 6) is -0.765. The van der Waals surface area contributed by atoms with Crippen molar-refractivity contribution in [3.63, 3.8) is 0 Å². The summed E-state index contributed by atoms with van der Waals surface area (Å²) in [5, 5.41) is 2.43. The Bertz CT molecular complexity index is 596. The maximum Gasteiger partial charge on any atom is 0.420 e. The highest BCUT2D eigenvalue weighted by molar-refractivity contribution is 5.92. The smallest absolute Gasteiger partial charge is 0.420 e. The summed E-state index contributed by atoms with van der Waals surface area (Å²) in [6, 6.07) is 2.76. The monoisotopic (exact) mass is 330 g/mol. The molecule has 0 aliphatic carbocycles. The van der Waals surface area contributed by atoms with Crippen LogP contribution in [0.4, 0.5) is 18.9 Å². The second-order valence-electron chi connectivity index (χ2n) is 5.04. The second kappa shape index (κ2) is 8.01. The van der Waals surface area contributed by atoms with Gasteiger partial charge in [-0.25, -0.2) is 0 Å². The van der Waals surface area contributed by atoms with Gasteiger partial charge in [0.2, 0.25) is 5.91 Å². The van der Waals surface area contributed by atoms with Gasteiger partial charge in [-0.3, -0.25) is 4.79 Å². The van der Waals surface area contributed by atoms with Crippen molar-refractivity contribution in [3.05, 3.63) is 34.9 Å². The van der Waals surface area contributed by atoms with Gasteiger partial charge in [0, 0.05) is 13.0 Å². The maximum absolute atomic E-state index is 13.5. The zero-order valence-corrected chi connectivity index (χ0v) is 13.4. The zero-order chi connectivity index (χ0) is 17.6. The molecule has 3 N–H and O–H groups in total. The molecule has 0 aliphatic heterocycles. The van der Waals surface area contributed by atoms with Crippen molar-refractivity contribution < 1.29 is 22.7 Å². The first-order chi connectivity index (χ1) is 10.7. The van der Waals surface area contributed by atoms with E-state index >= 15 is 0 Å². The van der Waals surface area contributed by atoms with Crippen LogP contribution in [-0.2, 0) is 17.4 Å². The summed E-state index contributed by atoms with van der Waals surface area (Å²) in [7, 11) is 1.15. The van der Waals surface area contributed by atoms with Crippen LogP contribution in [0.1, 0.15) is 31.4 Å². The molecule has 0 saturated heterocycles. The first-order valence-corrected chi connectivity index (χ1v) is 7.17. The Morgan fingerprint density at radius 1 is 1.39 bits per heavy atom. The van der Waals surface area contributed by atoms with Crippen LogP contribution in [0.3, 0.4) is 0 Å². The SMILES string of the molecule is CCC(=O)Nc1ccc(C/C=C(\C)CN)c(C(F)(F)F)c1OC. The van der Waals surface area contributed by atoms with Gasteiger partial charge >= 0.3 is 6.18 Å². The van der Waals surface area contributed by atoms with Gasteiger partial charge in [0.05, 0.1) is 12.8 Å². The Morgan fingerprint density at radius 3 is 2.52 bits per heavy atom. The molecule has 128 valence electrons. The topological polar surface area (TPSA) is 64.4 Å². The van der Waals surface area contributed by atoms with Gasteiger partial charge in [0.1, 0.15) is 5.56 Å². The quantitative estimate of drug-likeness (QED) is 0.785. The lowest BCUT2D eigenvalue weighted by Crippen LogP contribution is -2.16. The number of nitrogens with two attached hydrogens (primary N) is 1. The zero-order valence-electron chi connectivity index (χ0n) is 13.4. The van der Waals surface area contributed by atoms with Crippen molar-refractivity contribution in [1.82, 2.24) is 0 Å². The number of anilines is 1. The Hall–Kier alpha value is -2.02. The van der Waals surface area contributed by atoms with E-state index in [4.69, 9.17) is 10.5 Å². The van der Waals surface area contributed by atoms with E-state index in [2.05, 4.69) is 5.32 Å². The summed E-state index contributed by atoms with van der Waals surface area (Å²) < 4.78 is 45.3. The molecule has 0 aromatic heterocycles. The van der Waals surface area contributed by atoms with Gasteiger partial charge in [0.15, 0.2) is 5.75 Å². The number of amides is 1. The molecular formula is C16H21F3N2O2. The molecule has 1 rings (SSSR count). The lowest BCUT2D eigenvalue weighted by molar-refractivity contribution is -0.139. The fourth-order valence-corrected chi connectivity index (χ4v) is 2.02. The molecule has 1 amide bonds. The van der Waals surface area contributed by atoms with Crippen molar-refractivity contribution >= 4 is 11.6 Å². The predicted octanol–water partition coefficient (Wildman–Crippen LogP) is 3.51. The van der Waals surface area contributed by atoms with Gasteiger partial charge < -0.3 is 15.8 Å².